The fourth-order valence-corrected chi connectivity index (χ4v) is 2.22. The largest absolute Gasteiger partial charge is 0.388 e. The van der Waals surface area contributed by atoms with E-state index in [4.69, 9.17) is 4.74 Å². The highest BCUT2D eigenvalue weighted by molar-refractivity contribution is 5.80. The van der Waals surface area contributed by atoms with Gasteiger partial charge in [-0.2, -0.15) is 0 Å². The van der Waals surface area contributed by atoms with Crippen LogP contribution in [0.4, 0.5) is 0 Å². The first-order chi connectivity index (χ1) is 9.50. The second-order valence-electron chi connectivity index (χ2n) is 6.42. The van der Waals surface area contributed by atoms with E-state index in [0.29, 0.717) is 19.0 Å². The van der Waals surface area contributed by atoms with Gasteiger partial charge in [0.2, 0.25) is 0 Å². The van der Waals surface area contributed by atoms with Crippen LogP contribution in [-0.4, -0.2) is 48.0 Å². The van der Waals surface area contributed by atoms with Crippen LogP contribution in [-0.2, 0) is 4.74 Å². The maximum atomic E-state index is 10.1. The standard InChI is InChI=1S/C15H29N3O2/c1-4-15(3,19)10-16-14(18-12-7-8-12)17-11(2)13-6-5-9-20-13/h11-13,19H,4-10H2,1-3H3,(H2,16,17,18)/t11-,13-,15+/m1/s1. The van der Waals surface area contributed by atoms with Crippen LogP contribution in [0.2, 0.25) is 0 Å². The summed E-state index contributed by atoms with van der Waals surface area (Å²) in [6, 6.07) is 0.790. The molecular weight excluding hydrogens is 254 g/mol. The van der Waals surface area contributed by atoms with E-state index in [2.05, 4.69) is 22.5 Å². The molecule has 0 radical (unpaired) electrons. The molecule has 1 saturated carbocycles. The third kappa shape index (κ3) is 4.94. The molecule has 0 unspecified atom stereocenters. The molecular formula is C15H29N3O2. The van der Waals surface area contributed by atoms with E-state index >= 15 is 0 Å². The molecule has 1 aliphatic carbocycles. The molecule has 3 N–H and O–H groups in total. The molecule has 0 amide bonds. The third-order valence-electron chi connectivity index (χ3n) is 4.14. The minimum atomic E-state index is -0.731. The van der Waals surface area contributed by atoms with Gasteiger partial charge in [0.1, 0.15) is 0 Å². The first-order valence-electron chi connectivity index (χ1n) is 7.91. The van der Waals surface area contributed by atoms with Crippen molar-refractivity contribution in [3.05, 3.63) is 0 Å². The highest BCUT2D eigenvalue weighted by atomic mass is 16.5. The Morgan fingerprint density at radius 3 is 2.75 bits per heavy atom. The first kappa shape index (κ1) is 15.6. The van der Waals surface area contributed by atoms with Crippen molar-refractivity contribution in [2.75, 3.05) is 13.2 Å². The van der Waals surface area contributed by atoms with Crippen LogP contribution in [0.1, 0.15) is 52.9 Å². The second-order valence-corrected chi connectivity index (χ2v) is 6.42. The number of rotatable bonds is 6. The zero-order valence-corrected chi connectivity index (χ0v) is 13.0. The van der Waals surface area contributed by atoms with Gasteiger partial charge in [0, 0.05) is 12.6 Å². The Labute approximate surface area is 122 Å². The minimum Gasteiger partial charge on any atom is -0.388 e. The zero-order valence-electron chi connectivity index (χ0n) is 13.0. The van der Waals surface area contributed by atoms with Crippen molar-refractivity contribution in [3.8, 4) is 0 Å². The van der Waals surface area contributed by atoms with Gasteiger partial charge in [-0.25, -0.2) is 0 Å². The topological polar surface area (TPSA) is 65.9 Å². The van der Waals surface area contributed by atoms with E-state index in [-0.39, 0.29) is 12.1 Å². The summed E-state index contributed by atoms with van der Waals surface area (Å²) in [6.45, 7) is 7.23. The van der Waals surface area contributed by atoms with Gasteiger partial charge in [-0.1, -0.05) is 6.92 Å². The highest BCUT2D eigenvalue weighted by Gasteiger charge is 2.27. The fourth-order valence-electron chi connectivity index (χ4n) is 2.22. The predicted octanol–water partition coefficient (Wildman–Crippen LogP) is 1.41. The van der Waals surface area contributed by atoms with E-state index in [9.17, 15) is 5.11 Å². The lowest BCUT2D eigenvalue weighted by Gasteiger charge is -2.24. The zero-order chi connectivity index (χ0) is 14.6. The van der Waals surface area contributed by atoms with Crippen molar-refractivity contribution in [3.63, 3.8) is 0 Å². The highest BCUT2D eigenvalue weighted by Crippen LogP contribution is 2.19. The number of aliphatic hydroxyl groups is 1. The Morgan fingerprint density at radius 1 is 1.45 bits per heavy atom. The Bertz CT molecular complexity index is 334. The van der Waals surface area contributed by atoms with Gasteiger partial charge in [0.15, 0.2) is 5.96 Å². The predicted molar refractivity (Wildman–Crippen MR) is 80.9 cm³/mol. The molecule has 0 aromatic heterocycles. The lowest BCUT2D eigenvalue weighted by atomic mass is 10.1. The van der Waals surface area contributed by atoms with Crippen LogP contribution in [0, 0.1) is 0 Å². The van der Waals surface area contributed by atoms with Crippen LogP contribution in [0.25, 0.3) is 0 Å². The summed E-state index contributed by atoms with van der Waals surface area (Å²) in [7, 11) is 0. The minimum absolute atomic E-state index is 0.245. The van der Waals surface area contributed by atoms with E-state index in [0.717, 1.165) is 25.4 Å². The van der Waals surface area contributed by atoms with Crippen molar-refractivity contribution in [2.45, 2.75) is 76.7 Å². The molecule has 3 atom stereocenters. The quantitative estimate of drug-likeness (QED) is 0.509. The SMILES string of the molecule is CC[C@](C)(O)CN=C(NC1CC1)N[C@H](C)[C@H]1CCCO1. The number of nitrogens with zero attached hydrogens (tertiary/aromatic N) is 1. The van der Waals surface area contributed by atoms with E-state index in [1.54, 1.807) is 0 Å². The molecule has 5 heteroatoms. The van der Waals surface area contributed by atoms with Gasteiger partial charge in [-0.05, 0) is 46.0 Å². The molecule has 1 heterocycles. The second kappa shape index (κ2) is 6.76. The Morgan fingerprint density at radius 2 is 2.20 bits per heavy atom. The molecule has 2 aliphatic rings. The van der Waals surface area contributed by atoms with E-state index in [1.807, 2.05) is 13.8 Å². The molecule has 0 aromatic rings. The molecule has 1 saturated heterocycles. The van der Waals surface area contributed by atoms with Crippen LogP contribution in [0.3, 0.4) is 0 Å². The number of aliphatic imine (C=N–C) groups is 1. The Kier molecular flexibility index (Phi) is 5.27. The number of ether oxygens (including phenoxy) is 1. The van der Waals surface area contributed by atoms with Gasteiger partial charge in [-0.3, -0.25) is 4.99 Å². The number of guanidine groups is 1. The average molecular weight is 283 g/mol. The summed E-state index contributed by atoms with van der Waals surface area (Å²) < 4.78 is 5.71. The molecule has 0 aromatic carbocycles. The molecule has 0 bridgehead atoms. The van der Waals surface area contributed by atoms with Gasteiger partial charge in [0.05, 0.1) is 24.3 Å². The Balaban J connectivity index is 1.89. The van der Waals surface area contributed by atoms with Crippen LogP contribution in [0.15, 0.2) is 4.99 Å². The fraction of sp³-hybridized carbons (Fsp3) is 0.933. The lowest BCUT2D eigenvalue weighted by molar-refractivity contribution is 0.0654. The van der Waals surface area contributed by atoms with Crippen LogP contribution in [0.5, 0.6) is 0 Å². The maximum Gasteiger partial charge on any atom is 0.191 e. The van der Waals surface area contributed by atoms with Crippen LogP contribution < -0.4 is 10.6 Å². The normalized spacial score (nSPS) is 28.0. The Hall–Kier alpha value is -0.810. The molecule has 5 nitrogen and oxygen atoms in total. The summed E-state index contributed by atoms with van der Waals surface area (Å²) in [5.74, 6) is 0.809. The molecule has 0 spiro atoms. The summed E-state index contributed by atoms with van der Waals surface area (Å²) in [6.07, 6.45) is 5.64. The van der Waals surface area contributed by atoms with Gasteiger partial charge in [-0.15, -0.1) is 0 Å². The van der Waals surface area contributed by atoms with Crippen LogP contribution >= 0.6 is 0 Å². The monoisotopic (exact) mass is 283 g/mol. The third-order valence-corrected chi connectivity index (χ3v) is 4.14. The molecule has 1 aliphatic heterocycles. The van der Waals surface area contributed by atoms with Crippen molar-refractivity contribution in [1.29, 1.82) is 0 Å². The van der Waals surface area contributed by atoms with Crippen molar-refractivity contribution in [2.24, 2.45) is 4.99 Å². The van der Waals surface area contributed by atoms with Gasteiger partial charge in [0.25, 0.3) is 0 Å². The smallest absolute Gasteiger partial charge is 0.191 e. The molecule has 116 valence electrons. The number of hydrogen-bond donors (Lipinski definition) is 3. The van der Waals surface area contributed by atoms with Gasteiger partial charge >= 0.3 is 0 Å². The summed E-state index contributed by atoms with van der Waals surface area (Å²) in [5, 5.41) is 16.9. The lowest BCUT2D eigenvalue weighted by Crippen LogP contribution is -2.48. The summed E-state index contributed by atoms with van der Waals surface area (Å²) in [5.41, 5.74) is -0.731. The van der Waals surface area contributed by atoms with Gasteiger partial charge < -0.3 is 20.5 Å². The first-order valence-corrected chi connectivity index (χ1v) is 7.91. The summed E-state index contributed by atoms with van der Waals surface area (Å²) in [4.78, 5) is 4.55. The summed E-state index contributed by atoms with van der Waals surface area (Å²) >= 11 is 0. The molecule has 2 rings (SSSR count). The van der Waals surface area contributed by atoms with Crippen molar-refractivity contribution >= 4 is 5.96 Å². The number of hydrogen-bond acceptors (Lipinski definition) is 3. The van der Waals surface area contributed by atoms with E-state index < -0.39 is 5.60 Å². The molecule has 2 fully saturated rings. The number of nitrogens with one attached hydrogen (secondary N) is 2. The maximum absolute atomic E-state index is 10.1. The average Bonchev–Trinajstić information content (AvgIpc) is 3.06. The van der Waals surface area contributed by atoms with Crippen molar-refractivity contribution < 1.29 is 9.84 Å². The van der Waals surface area contributed by atoms with E-state index in [1.165, 1.54) is 12.8 Å². The van der Waals surface area contributed by atoms with Crippen molar-refractivity contribution in [1.82, 2.24) is 10.6 Å². The molecule has 20 heavy (non-hydrogen) atoms.